The van der Waals surface area contributed by atoms with E-state index in [1.807, 2.05) is 0 Å². The number of hydrogen-bond donors (Lipinski definition) is 1. The molecule has 0 aromatic heterocycles. The molecule has 0 aliphatic heterocycles. The minimum Gasteiger partial charge on any atom is -0.327 e. The molecular weight excluding hydrogens is 98.1 g/mol. The van der Waals surface area contributed by atoms with Crippen LogP contribution in [0.15, 0.2) is 0 Å². The monoisotopic (exact) mass is 111 g/mol. The molecule has 2 bridgehead atoms. The van der Waals surface area contributed by atoms with Crippen LogP contribution in [0, 0.1) is 11.8 Å². The summed E-state index contributed by atoms with van der Waals surface area (Å²) in [7, 11) is 0. The largest absolute Gasteiger partial charge is 0.327 e. The van der Waals surface area contributed by atoms with Crippen LogP contribution in [0.25, 0.3) is 0 Å². The van der Waals surface area contributed by atoms with E-state index in [2.05, 4.69) is 0 Å². The molecule has 1 unspecified atom stereocenters. The Morgan fingerprint density at radius 3 is 2.25 bits per heavy atom. The van der Waals surface area contributed by atoms with E-state index in [4.69, 9.17) is 5.73 Å². The summed E-state index contributed by atoms with van der Waals surface area (Å²) >= 11 is 0. The van der Waals surface area contributed by atoms with E-state index in [0.29, 0.717) is 6.04 Å². The fourth-order valence-corrected chi connectivity index (χ4v) is 2.29. The van der Waals surface area contributed by atoms with Gasteiger partial charge in [-0.1, -0.05) is 6.42 Å². The summed E-state index contributed by atoms with van der Waals surface area (Å²) in [5.74, 6) is 1.94. The second kappa shape index (κ2) is 1.47. The lowest BCUT2D eigenvalue weighted by molar-refractivity contribution is 0.418. The van der Waals surface area contributed by atoms with Crippen LogP contribution >= 0.6 is 0 Å². The Bertz CT molecular complexity index is 98.6. The van der Waals surface area contributed by atoms with Crippen LogP contribution in [-0.4, -0.2) is 6.04 Å². The third-order valence-electron chi connectivity index (χ3n) is 2.79. The molecule has 0 heterocycles. The van der Waals surface area contributed by atoms with E-state index in [1.54, 1.807) is 0 Å². The first kappa shape index (κ1) is 4.80. The Morgan fingerprint density at radius 1 is 1.12 bits per heavy atom. The second-order valence-corrected chi connectivity index (χ2v) is 3.34. The van der Waals surface area contributed by atoms with E-state index < -0.39 is 0 Å². The Kier molecular flexibility index (Phi) is 0.884. The maximum atomic E-state index is 5.82. The molecule has 0 spiro atoms. The summed E-state index contributed by atoms with van der Waals surface area (Å²) in [4.78, 5) is 0. The van der Waals surface area contributed by atoms with Crippen LogP contribution < -0.4 is 5.73 Å². The van der Waals surface area contributed by atoms with Gasteiger partial charge in [0.2, 0.25) is 0 Å². The highest BCUT2D eigenvalue weighted by atomic mass is 14.7. The zero-order chi connectivity index (χ0) is 5.56. The highest BCUT2D eigenvalue weighted by molar-refractivity contribution is 4.91. The number of nitrogens with two attached hydrogens (primary N) is 1. The molecule has 0 aromatic rings. The molecule has 2 rings (SSSR count). The van der Waals surface area contributed by atoms with Crippen LogP contribution in [0.1, 0.15) is 25.7 Å². The van der Waals surface area contributed by atoms with Gasteiger partial charge in [-0.2, -0.15) is 0 Å². The van der Waals surface area contributed by atoms with Crippen molar-refractivity contribution in [3.63, 3.8) is 0 Å². The minimum atomic E-state index is 0.578. The van der Waals surface area contributed by atoms with Gasteiger partial charge in [-0.25, -0.2) is 0 Å². The maximum Gasteiger partial charge on any atom is 0.00699 e. The lowest BCUT2D eigenvalue weighted by Crippen LogP contribution is -2.26. The molecule has 0 saturated heterocycles. The van der Waals surface area contributed by atoms with Gasteiger partial charge in [0.05, 0.1) is 0 Å². The number of fused-ring (bicyclic) bond motifs is 2. The SMILES string of the molecule is N[C@@H]1CC2CC[C@@H]1C2. The van der Waals surface area contributed by atoms with Gasteiger partial charge in [-0.3, -0.25) is 0 Å². The molecule has 2 N–H and O–H groups in total. The van der Waals surface area contributed by atoms with Gasteiger partial charge in [-0.05, 0) is 31.1 Å². The molecule has 1 nitrogen and oxygen atoms in total. The van der Waals surface area contributed by atoms with E-state index in [-0.39, 0.29) is 0 Å². The van der Waals surface area contributed by atoms with Crippen LogP contribution in [0.4, 0.5) is 0 Å². The first-order chi connectivity index (χ1) is 3.86. The zero-order valence-electron chi connectivity index (χ0n) is 5.14. The van der Waals surface area contributed by atoms with Crippen LogP contribution in [-0.2, 0) is 0 Å². The standard InChI is InChI=1S/C7H13N/c8-7-4-5-1-2-6(7)3-5/h5-7H,1-4,8H2/t5?,6-,7-/m1/s1. The van der Waals surface area contributed by atoms with Crippen molar-refractivity contribution in [2.24, 2.45) is 17.6 Å². The Balaban J connectivity index is 2.11. The van der Waals surface area contributed by atoms with Gasteiger partial charge in [0.25, 0.3) is 0 Å². The van der Waals surface area contributed by atoms with Crippen LogP contribution in [0.3, 0.4) is 0 Å². The first-order valence-electron chi connectivity index (χ1n) is 3.62. The highest BCUT2D eigenvalue weighted by Gasteiger charge is 2.36. The Hall–Kier alpha value is -0.0400. The molecule has 2 fully saturated rings. The van der Waals surface area contributed by atoms with Crippen LogP contribution in [0.2, 0.25) is 0 Å². The summed E-state index contributed by atoms with van der Waals surface area (Å²) in [5.41, 5.74) is 5.82. The molecule has 1 heteroatoms. The molecule has 2 saturated carbocycles. The van der Waals surface area contributed by atoms with Crippen molar-refractivity contribution in [1.82, 2.24) is 0 Å². The summed E-state index contributed by atoms with van der Waals surface area (Å²) < 4.78 is 0. The molecule has 46 valence electrons. The van der Waals surface area contributed by atoms with Crippen molar-refractivity contribution >= 4 is 0 Å². The van der Waals surface area contributed by atoms with Crippen molar-refractivity contribution in [3.05, 3.63) is 0 Å². The third kappa shape index (κ3) is 0.510. The average Bonchev–Trinajstić information content (AvgIpc) is 2.23. The van der Waals surface area contributed by atoms with E-state index >= 15 is 0 Å². The quantitative estimate of drug-likeness (QED) is 0.498. The lowest BCUT2D eigenvalue weighted by atomic mass is 9.96. The molecular formula is C7H13N. The zero-order valence-corrected chi connectivity index (χ0v) is 5.14. The topological polar surface area (TPSA) is 26.0 Å². The first-order valence-corrected chi connectivity index (χ1v) is 3.62. The van der Waals surface area contributed by atoms with Crippen molar-refractivity contribution in [2.45, 2.75) is 31.7 Å². The minimum absolute atomic E-state index is 0.578. The molecule has 0 aromatic carbocycles. The van der Waals surface area contributed by atoms with Gasteiger partial charge >= 0.3 is 0 Å². The summed E-state index contributed by atoms with van der Waals surface area (Å²) in [6.45, 7) is 0. The van der Waals surface area contributed by atoms with E-state index in [1.165, 1.54) is 25.7 Å². The summed E-state index contributed by atoms with van der Waals surface area (Å²) in [6, 6.07) is 0.578. The van der Waals surface area contributed by atoms with Crippen LogP contribution in [0.5, 0.6) is 0 Å². The fraction of sp³-hybridized carbons (Fsp3) is 1.00. The normalized spacial score (nSPS) is 52.9. The summed E-state index contributed by atoms with van der Waals surface area (Å²) in [5, 5.41) is 0. The molecule has 0 radical (unpaired) electrons. The Morgan fingerprint density at radius 2 is 2.00 bits per heavy atom. The van der Waals surface area contributed by atoms with Gasteiger partial charge in [0.1, 0.15) is 0 Å². The van der Waals surface area contributed by atoms with Gasteiger partial charge < -0.3 is 5.73 Å². The van der Waals surface area contributed by atoms with E-state index in [0.717, 1.165) is 11.8 Å². The predicted molar refractivity (Wildman–Crippen MR) is 33.4 cm³/mol. The number of hydrogen-bond acceptors (Lipinski definition) is 1. The second-order valence-electron chi connectivity index (χ2n) is 3.34. The van der Waals surface area contributed by atoms with Gasteiger partial charge in [-0.15, -0.1) is 0 Å². The molecule has 3 atom stereocenters. The van der Waals surface area contributed by atoms with E-state index in [9.17, 15) is 0 Å². The average molecular weight is 111 g/mol. The fourth-order valence-electron chi connectivity index (χ4n) is 2.29. The molecule has 8 heavy (non-hydrogen) atoms. The number of rotatable bonds is 0. The maximum absolute atomic E-state index is 5.82. The van der Waals surface area contributed by atoms with Gasteiger partial charge in [0, 0.05) is 6.04 Å². The molecule has 2 aliphatic rings. The molecule has 0 amide bonds. The van der Waals surface area contributed by atoms with Crippen molar-refractivity contribution in [3.8, 4) is 0 Å². The van der Waals surface area contributed by atoms with Crippen molar-refractivity contribution in [2.75, 3.05) is 0 Å². The predicted octanol–water partition coefficient (Wildman–Crippen LogP) is 1.13. The van der Waals surface area contributed by atoms with Crippen molar-refractivity contribution < 1.29 is 0 Å². The molecule has 2 aliphatic carbocycles. The van der Waals surface area contributed by atoms with Gasteiger partial charge in [0.15, 0.2) is 0 Å². The smallest absolute Gasteiger partial charge is 0.00699 e. The Labute approximate surface area is 50.3 Å². The third-order valence-corrected chi connectivity index (χ3v) is 2.79. The highest BCUT2D eigenvalue weighted by Crippen LogP contribution is 2.43. The lowest BCUT2D eigenvalue weighted by Gasteiger charge is -2.15. The van der Waals surface area contributed by atoms with Crippen molar-refractivity contribution in [1.29, 1.82) is 0 Å². The summed E-state index contributed by atoms with van der Waals surface area (Å²) in [6.07, 6.45) is 5.66.